The molecule has 0 saturated heterocycles. The average molecular weight is 330 g/mol. The maximum atomic E-state index is 8.66. The first kappa shape index (κ1) is 19.3. The van der Waals surface area contributed by atoms with E-state index in [0.717, 1.165) is 19.4 Å². The summed E-state index contributed by atoms with van der Waals surface area (Å²) >= 11 is 0. The summed E-state index contributed by atoms with van der Waals surface area (Å²) in [6.45, 7) is 3.18. The van der Waals surface area contributed by atoms with Crippen molar-refractivity contribution in [2.45, 2.75) is 25.8 Å². The normalized spacial score (nSPS) is 11.7. The number of hydrogen-bond acceptors (Lipinski definition) is 2. The summed E-state index contributed by atoms with van der Waals surface area (Å²) in [6.07, 6.45) is 5.41. The van der Waals surface area contributed by atoms with E-state index in [1.165, 1.54) is 16.3 Å². The Balaban J connectivity index is 0.00000264. The van der Waals surface area contributed by atoms with Crippen LogP contribution in [0.25, 0.3) is 10.8 Å². The van der Waals surface area contributed by atoms with Gasteiger partial charge in [0.1, 0.15) is 0 Å². The van der Waals surface area contributed by atoms with Gasteiger partial charge in [0.25, 0.3) is 0 Å². The lowest BCUT2D eigenvalue weighted by molar-refractivity contribution is 0.290. The highest BCUT2D eigenvalue weighted by atomic mass is 35.5. The molecule has 0 spiro atoms. The van der Waals surface area contributed by atoms with Gasteiger partial charge in [-0.15, -0.1) is 12.4 Å². The van der Waals surface area contributed by atoms with Gasteiger partial charge in [-0.2, -0.15) is 0 Å². The van der Waals surface area contributed by atoms with Crippen LogP contribution in [0.15, 0.2) is 54.6 Å². The van der Waals surface area contributed by atoms with Crippen LogP contribution in [0.1, 0.15) is 31.4 Å². The van der Waals surface area contributed by atoms with Crippen molar-refractivity contribution in [2.75, 3.05) is 13.2 Å². The monoisotopic (exact) mass is 329 g/mol. The minimum Gasteiger partial charge on any atom is -0.396 e. The van der Waals surface area contributed by atoms with Crippen molar-refractivity contribution in [3.63, 3.8) is 0 Å². The lowest BCUT2D eigenvalue weighted by atomic mass is 10.00. The number of hydrogen-bond donors (Lipinski definition) is 2. The molecule has 0 aliphatic carbocycles. The highest BCUT2D eigenvalue weighted by molar-refractivity contribution is 5.86. The second kappa shape index (κ2) is 10.9. The minimum absolute atomic E-state index is 0. The Morgan fingerprint density at radius 3 is 2.78 bits per heavy atom. The van der Waals surface area contributed by atoms with Crippen molar-refractivity contribution in [1.82, 2.24) is 5.32 Å². The van der Waals surface area contributed by atoms with Crippen molar-refractivity contribution in [3.05, 3.63) is 60.2 Å². The van der Waals surface area contributed by atoms with E-state index < -0.39 is 0 Å². The van der Waals surface area contributed by atoms with Crippen molar-refractivity contribution in [2.24, 2.45) is 0 Å². The third-order valence-electron chi connectivity index (χ3n) is 3.59. The Bertz CT molecular complexity index is 679. The molecule has 0 amide bonds. The maximum Gasteiger partial charge on any atom is 0.0440 e. The zero-order chi connectivity index (χ0) is 15.6. The first-order valence-corrected chi connectivity index (χ1v) is 7.78. The topological polar surface area (TPSA) is 32.3 Å². The zero-order valence-electron chi connectivity index (χ0n) is 13.5. The molecule has 0 fully saturated rings. The van der Waals surface area contributed by atoms with Crippen LogP contribution in [0, 0.1) is 11.8 Å². The fraction of sp³-hybridized carbons (Fsp3) is 0.300. The van der Waals surface area contributed by atoms with Crippen LogP contribution in [0.4, 0.5) is 0 Å². The van der Waals surface area contributed by atoms with E-state index in [1.54, 1.807) is 0 Å². The molecule has 1 atom stereocenters. The van der Waals surface area contributed by atoms with Gasteiger partial charge in [0.2, 0.25) is 0 Å². The number of aliphatic hydroxyl groups excluding tert-OH is 1. The largest absolute Gasteiger partial charge is 0.396 e. The van der Waals surface area contributed by atoms with Gasteiger partial charge in [0.05, 0.1) is 0 Å². The number of unbranched alkanes of at least 4 members (excludes halogenated alkanes) is 1. The van der Waals surface area contributed by atoms with E-state index in [0.29, 0.717) is 0 Å². The van der Waals surface area contributed by atoms with E-state index in [4.69, 9.17) is 5.11 Å². The fourth-order valence-corrected chi connectivity index (χ4v) is 2.40. The molecule has 0 radical (unpaired) electrons. The summed E-state index contributed by atoms with van der Waals surface area (Å²) in [6, 6.07) is 15.2. The standard InChI is InChI=1S/C20H23NO.ClH/c1-17(21-15-8-4-2-3-5-9-16-22)19-14-10-12-18-11-6-7-13-20(18)19;/h4,6-8,10-14,17,21-22H,5,9,15-16H2,1H3;1H/b8-4+;/t17-;/m1./s1. The van der Waals surface area contributed by atoms with Crippen molar-refractivity contribution < 1.29 is 5.11 Å². The molecule has 3 heteroatoms. The third kappa shape index (κ3) is 6.08. The molecule has 2 rings (SSSR count). The van der Waals surface area contributed by atoms with Crippen LogP contribution in [-0.2, 0) is 0 Å². The summed E-state index contributed by atoms with van der Waals surface area (Å²) in [5.74, 6) is 5.99. The summed E-state index contributed by atoms with van der Waals surface area (Å²) in [7, 11) is 0. The Hall–Kier alpha value is -1.79. The fourth-order valence-electron chi connectivity index (χ4n) is 2.40. The number of aliphatic hydroxyl groups is 1. The SMILES string of the molecule is C[C@@H](NC/C=C/C#CCCCO)c1cccc2ccccc12.Cl. The van der Waals surface area contributed by atoms with E-state index in [1.807, 2.05) is 12.2 Å². The maximum absolute atomic E-state index is 8.66. The number of fused-ring (bicyclic) bond motifs is 1. The lowest BCUT2D eigenvalue weighted by Crippen LogP contribution is -2.18. The molecular formula is C20H24ClNO. The van der Waals surface area contributed by atoms with Gasteiger partial charge in [0, 0.05) is 25.6 Å². The molecule has 2 nitrogen and oxygen atoms in total. The van der Waals surface area contributed by atoms with Gasteiger partial charge in [-0.25, -0.2) is 0 Å². The molecule has 0 heterocycles. The predicted octanol–water partition coefficient (Wildman–Crippen LogP) is 4.24. The molecule has 0 aliphatic heterocycles. The third-order valence-corrected chi connectivity index (χ3v) is 3.59. The molecule has 0 unspecified atom stereocenters. The quantitative estimate of drug-likeness (QED) is 0.613. The molecule has 2 aromatic rings. The first-order valence-electron chi connectivity index (χ1n) is 7.78. The van der Waals surface area contributed by atoms with Gasteiger partial charge >= 0.3 is 0 Å². The second-order valence-electron chi connectivity index (χ2n) is 5.25. The van der Waals surface area contributed by atoms with Crippen LogP contribution in [0.2, 0.25) is 0 Å². The second-order valence-corrected chi connectivity index (χ2v) is 5.25. The van der Waals surface area contributed by atoms with Gasteiger partial charge in [-0.1, -0.05) is 60.4 Å². The van der Waals surface area contributed by atoms with E-state index >= 15 is 0 Å². The van der Waals surface area contributed by atoms with Crippen LogP contribution in [0.3, 0.4) is 0 Å². The minimum atomic E-state index is 0. The van der Waals surface area contributed by atoms with Gasteiger partial charge < -0.3 is 10.4 Å². The number of nitrogens with one attached hydrogen (secondary N) is 1. The van der Waals surface area contributed by atoms with Crippen molar-refractivity contribution >= 4 is 23.2 Å². The highest BCUT2D eigenvalue weighted by Crippen LogP contribution is 2.23. The number of rotatable bonds is 6. The van der Waals surface area contributed by atoms with Crippen molar-refractivity contribution in [1.29, 1.82) is 0 Å². The zero-order valence-corrected chi connectivity index (χ0v) is 14.3. The van der Waals surface area contributed by atoms with E-state index in [-0.39, 0.29) is 25.1 Å². The van der Waals surface area contributed by atoms with Gasteiger partial charge in [-0.3, -0.25) is 0 Å². The Morgan fingerprint density at radius 2 is 1.96 bits per heavy atom. The summed E-state index contributed by atoms with van der Waals surface area (Å²) in [5.41, 5.74) is 1.32. The number of benzene rings is 2. The Labute approximate surface area is 145 Å². The molecule has 0 aliphatic rings. The molecule has 2 aromatic carbocycles. The smallest absolute Gasteiger partial charge is 0.0440 e. The van der Waals surface area contributed by atoms with E-state index in [9.17, 15) is 0 Å². The molecular weight excluding hydrogens is 306 g/mol. The van der Waals surface area contributed by atoms with Crippen molar-refractivity contribution in [3.8, 4) is 11.8 Å². The van der Waals surface area contributed by atoms with Gasteiger partial charge in [0.15, 0.2) is 0 Å². The molecule has 0 saturated carbocycles. The molecule has 122 valence electrons. The Kier molecular flexibility index (Phi) is 9.09. The highest BCUT2D eigenvalue weighted by Gasteiger charge is 2.07. The molecule has 2 N–H and O–H groups in total. The summed E-state index contributed by atoms with van der Waals surface area (Å²) < 4.78 is 0. The van der Waals surface area contributed by atoms with Crippen LogP contribution < -0.4 is 5.32 Å². The summed E-state index contributed by atoms with van der Waals surface area (Å²) in [4.78, 5) is 0. The van der Waals surface area contributed by atoms with E-state index in [2.05, 4.69) is 66.5 Å². The summed E-state index contributed by atoms with van der Waals surface area (Å²) in [5, 5.41) is 14.7. The average Bonchev–Trinajstić information content (AvgIpc) is 2.56. The number of halogens is 1. The lowest BCUT2D eigenvalue weighted by Gasteiger charge is -2.15. The number of allylic oxidation sites excluding steroid dienone is 1. The predicted molar refractivity (Wildman–Crippen MR) is 101 cm³/mol. The Morgan fingerprint density at radius 1 is 1.17 bits per heavy atom. The van der Waals surface area contributed by atoms with Gasteiger partial charge in [-0.05, 0) is 35.8 Å². The molecule has 23 heavy (non-hydrogen) atoms. The van der Waals surface area contributed by atoms with Crippen LogP contribution >= 0.6 is 12.4 Å². The van der Waals surface area contributed by atoms with Crippen LogP contribution in [-0.4, -0.2) is 18.3 Å². The molecule has 0 bridgehead atoms. The van der Waals surface area contributed by atoms with Crippen LogP contribution in [0.5, 0.6) is 0 Å². The molecule has 0 aromatic heterocycles. The first-order chi connectivity index (χ1) is 10.8.